The summed E-state index contributed by atoms with van der Waals surface area (Å²) >= 11 is 0. The van der Waals surface area contributed by atoms with Gasteiger partial charge in [-0.1, -0.05) is 55.5 Å². The van der Waals surface area contributed by atoms with Crippen LogP contribution in [0.1, 0.15) is 36.8 Å². The largest absolute Gasteiger partial charge is 0.481 e. The van der Waals surface area contributed by atoms with E-state index in [1.54, 1.807) is 25.9 Å². The molecule has 2 atom stereocenters. The highest BCUT2D eigenvalue weighted by Gasteiger charge is 2.30. The molecule has 8 heteroatoms. The zero-order valence-corrected chi connectivity index (χ0v) is 19.2. The Hall–Kier alpha value is -3.39. The number of likely N-dealkylation sites (N-methyl/N-ethyl adjacent to an activating group) is 1. The molecule has 0 fully saturated rings. The highest BCUT2D eigenvalue weighted by Crippen LogP contribution is 2.44. The molecule has 0 unspecified atom stereocenters. The van der Waals surface area contributed by atoms with Gasteiger partial charge in [-0.25, -0.2) is 4.79 Å². The number of nitrogens with zero attached hydrogens (tertiary/aromatic N) is 1. The van der Waals surface area contributed by atoms with Crippen molar-refractivity contribution in [2.24, 2.45) is 0 Å². The number of nitrogens with one attached hydrogen (secondary N) is 2. The van der Waals surface area contributed by atoms with Crippen molar-refractivity contribution in [3.05, 3.63) is 59.7 Å². The fourth-order valence-electron chi connectivity index (χ4n) is 4.15. The van der Waals surface area contributed by atoms with Crippen LogP contribution in [0.5, 0.6) is 0 Å². The first kappa shape index (κ1) is 24.3. The Morgan fingerprint density at radius 2 is 1.58 bits per heavy atom. The molecule has 0 aliphatic heterocycles. The monoisotopic (exact) mass is 453 g/mol. The van der Waals surface area contributed by atoms with E-state index in [1.807, 2.05) is 36.4 Å². The molecule has 3 N–H and O–H groups in total. The molecule has 2 amide bonds. The van der Waals surface area contributed by atoms with Crippen LogP contribution in [0.25, 0.3) is 11.1 Å². The number of hydrogen-bond donors (Lipinski definition) is 3. The Bertz CT molecular complexity index is 962. The van der Waals surface area contributed by atoms with Crippen LogP contribution in [0.4, 0.5) is 4.79 Å². The van der Waals surface area contributed by atoms with Gasteiger partial charge in [-0.05, 0) is 42.8 Å². The van der Waals surface area contributed by atoms with Gasteiger partial charge < -0.3 is 25.4 Å². The second kappa shape index (κ2) is 11.0. The number of carboxylic acids is 1. The lowest BCUT2D eigenvalue weighted by atomic mass is 9.98. The molecule has 2 aromatic rings. The lowest BCUT2D eigenvalue weighted by molar-refractivity contribution is -0.137. The third-order valence-corrected chi connectivity index (χ3v) is 5.76. The summed E-state index contributed by atoms with van der Waals surface area (Å²) in [4.78, 5) is 38.2. The molecule has 1 aliphatic carbocycles. The minimum atomic E-state index is -0.990. The van der Waals surface area contributed by atoms with E-state index >= 15 is 0 Å². The van der Waals surface area contributed by atoms with Crippen molar-refractivity contribution >= 4 is 18.0 Å². The van der Waals surface area contributed by atoms with E-state index in [-0.39, 0.29) is 25.5 Å². The summed E-state index contributed by atoms with van der Waals surface area (Å²) < 4.78 is 5.56. The normalized spacial score (nSPS) is 14.2. The van der Waals surface area contributed by atoms with Crippen molar-refractivity contribution in [3.63, 3.8) is 0 Å². The first-order valence-corrected chi connectivity index (χ1v) is 11.1. The molecular formula is C25H31N3O5. The molecule has 3 rings (SSSR count). The number of amides is 2. The molecule has 176 valence electrons. The molecule has 2 aromatic carbocycles. The van der Waals surface area contributed by atoms with Gasteiger partial charge in [0.15, 0.2) is 0 Å². The highest BCUT2D eigenvalue weighted by molar-refractivity contribution is 5.86. The second-order valence-corrected chi connectivity index (χ2v) is 8.50. The zero-order valence-electron chi connectivity index (χ0n) is 19.2. The van der Waals surface area contributed by atoms with Gasteiger partial charge in [0.05, 0.1) is 6.42 Å². The Balaban J connectivity index is 1.65. The predicted octanol–water partition coefficient (Wildman–Crippen LogP) is 2.82. The van der Waals surface area contributed by atoms with Crippen LogP contribution in [0.2, 0.25) is 0 Å². The molecule has 0 bridgehead atoms. The molecule has 0 heterocycles. The smallest absolute Gasteiger partial charge is 0.407 e. The first-order chi connectivity index (χ1) is 15.8. The van der Waals surface area contributed by atoms with E-state index in [2.05, 4.69) is 22.8 Å². The Morgan fingerprint density at radius 1 is 1.00 bits per heavy atom. The van der Waals surface area contributed by atoms with Crippen LogP contribution in [0.3, 0.4) is 0 Å². The molecule has 0 saturated carbocycles. The average Bonchev–Trinajstić information content (AvgIpc) is 3.10. The van der Waals surface area contributed by atoms with E-state index in [4.69, 9.17) is 9.84 Å². The van der Waals surface area contributed by atoms with Crippen molar-refractivity contribution in [3.8, 4) is 11.1 Å². The zero-order chi connectivity index (χ0) is 24.0. The fourth-order valence-corrected chi connectivity index (χ4v) is 4.15. The van der Waals surface area contributed by atoms with Gasteiger partial charge in [0.25, 0.3) is 0 Å². The molecule has 1 aliphatic rings. The van der Waals surface area contributed by atoms with Crippen molar-refractivity contribution in [2.45, 2.75) is 37.8 Å². The van der Waals surface area contributed by atoms with Crippen molar-refractivity contribution < 1.29 is 24.2 Å². The third-order valence-electron chi connectivity index (χ3n) is 5.76. The average molecular weight is 454 g/mol. The molecule has 0 aromatic heterocycles. The SMILES string of the molecule is CC[C@H](CC(=O)O)NC(=O)[C@H](CN(C)C)NC(=O)OCC1c2ccccc2-c2ccccc21. The van der Waals surface area contributed by atoms with E-state index in [9.17, 15) is 14.4 Å². The minimum Gasteiger partial charge on any atom is -0.481 e. The molecule has 0 spiro atoms. The summed E-state index contributed by atoms with van der Waals surface area (Å²) in [5, 5.41) is 14.4. The first-order valence-electron chi connectivity index (χ1n) is 11.1. The summed E-state index contributed by atoms with van der Waals surface area (Å²) in [7, 11) is 3.57. The van der Waals surface area contributed by atoms with Crippen LogP contribution in [-0.2, 0) is 14.3 Å². The summed E-state index contributed by atoms with van der Waals surface area (Å²) in [5.41, 5.74) is 4.48. The van der Waals surface area contributed by atoms with Crippen molar-refractivity contribution in [1.29, 1.82) is 0 Å². The maximum absolute atomic E-state index is 12.8. The van der Waals surface area contributed by atoms with Crippen LogP contribution in [0.15, 0.2) is 48.5 Å². The van der Waals surface area contributed by atoms with Crippen LogP contribution < -0.4 is 10.6 Å². The lowest BCUT2D eigenvalue weighted by Gasteiger charge is -2.24. The highest BCUT2D eigenvalue weighted by atomic mass is 16.5. The van der Waals surface area contributed by atoms with Crippen LogP contribution in [0, 0.1) is 0 Å². The number of hydrogen-bond acceptors (Lipinski definition) is 5. The quantitative estimate of drug-likeness (QED) is 0.511. The number of rotatable bonds is 10. The van der Waals surface area contributed by atoms with Gasteiger partial charge in [0.1, 0.15) is 12.6 Å². The Kier molecular flexibility index (Phi) is 8.06. The van der Waals surface area contributed by atoms with Gasteiger partial charge in [-0.3, -0.25) is 9.59 Å². The van der Waals surface area contributed by atoms with E-state index in [0.717, 1.165) is 22.3 Å². The van der Waals surface area contributed by atoms with Gasteiger partial charge in [0, 0.05) is 18.5 Å². The summed E-state index contributed by atoms with van der Waals surface area (Å²) in [6.07, 6.45) is -0.398. The third kappa shape index (κ3) is 6.10. The van der Waals surface area contributed by atoms with Crippen molar-refractivity contribution in [1.82, 2.24) is 15.5 Å². The standard InChI is InChI=1S/C25H31N3O5/c1-4-16(13-23(29)30)26-24(31)22(14-28(2)3)27-25(32)33-15-21-19-11-7-5-9-17(19)18-10-6-8-12-20(18)21/h5-12,16,21-22H,4,13-15H2,1-3H3,(H,26,31)(H,27,32)(H,29,30)/t16-,22+/m1/s1. The molecule has 33 heavy (non-hydrogen) atoms. The summed E-state index contributed by atoms with van der Waals surface area (Å²) in [6, 6.07) is 14.7. The maximum Gasteiger partial charge on any atom is 0.407 e. The fraction of sp³-hybridized carbons (Fsp3) is 0.400. The van der Waals surface area contributed by atoms with Crippen LogP contribution >= 0.6 is 0 Å². The van der Waals surface area contributed by atoms with E-state index in [0.29, 0.717) is 6.42 Å². The number of carbonyl (C=O) groups excluding carboxylic acids is 2. The van der Waals surface area contributed by atoms with Gasteiger partial charge in [-0.2, -0.15) is 0 Å². The van der Waals surface area contributed by atoms with Crippen molar-refractivity contribution in [2.75, 3.05) is 27.2 Å². The lowest BCUT2D eigenvalue weighted by Crippen LogP contribution is -2.54. The topological polar surface area (TPSA) is 108 Å². The number of carbonyl (C=O) groups is 3. The van der Waals surface area contributed by atoms with Crippen LogP contribution in [-0.4, -0.2) is 67.3 Å². The Morgan fingerprint density at radius 3 is 2.09 bits per heavy atom. The van der Waals surface area contributed by atoms with Gasteiger partial charge in [0.2, 0.25) is 5.91 Å². The molecule has 0 saturated heterocycles. The summed E-state index contributed by atoms with van der Waals surface area (Å²) in [6.45, 7) is 2.19. The summed E-state index contributed by atoms with van der Waals surface area (Å²) in [5.74, 6) is -1.51. The minimum absolute atomic E-state index is 0.0793. The number of carboxylic acid groups (broad SMARTS) is 1. The number of ether oxygens (including phenoxy) is 1. The number of aliphatic carboxylic acids is 1. The van der Waals surface area contributed by atoms with Gasteiger partial charge >= 0.3 is 12.1 Å². The predicted molar refractivity (Wildman–Crippen MR) is 125 cm³/mol. The molecule has 0 radical (unpaired) electrons. The maximum atomic E-state index is 12.8. The van der Waals surface area contributed by atoms with Gasteiger partial charge in [-0.15, -0.1) is 0 Å². The second-order valence-electron chi connectivity index (χ2n) is 8.50. The van der Waals surface area contributed by atoms with E-state index < -0.39 is 30.1 Å². The number of alkyl carbamates (subject to hydrolysis) is 1. The number of benzene rings is 2. The van der Waals surface area contributed by atoms with E-state index in [1.165, 1.54) is 0 Å². The molecular weight excluding hydrogens is 422 g/mol. The Labute approximate surface area is 193 Å². The molecule has 8 nitrogen and oxygen atoms in total. The number of fused-ring (bicyclic) bond motifs is 3.